The molecule has 3 aliphatic rings. The molecule has 16 heavy (non-hydrogen) atoms. The van der Waals surface area contributed by atoms with Crippen LogP contribution in [0.15, 0.2) is 12.7 Å². The molecule has 0 nitrogen and oxygen atoms in total. The van der Waals surface area contributed by atoms with Gasteiger partial charge in [0.05, 0.1) is 0 Å². The summed E-state index contributed by atoms with van der Waals surface area (Å²) in [5, 5.41) is 0. The fourth-order valence-electron chi connectivity index (χ4n) is 5.01. The Bertz CT molecular complexity index is 276. The van der Waals surface area contributed by atoms with Crippen LogP contribution in [-0.4, -0.2) is 0 Å². The Labute approximate surface area is 102 Å². The molecule has 0 N–H and O–H groups in total. The second-order valence-corrected chi connectivity index (χ2v) is 6.58. The minimum absolute atomic E-state index is 0.546. The molecule has 0 heteroatoms. The van der Waals surface area contributed by atoms with Crippen LogP contribution in [0, 0.1) is 35.0 Å². The maximum Gasteiger partial charge on any atom is -0.0137 e. The van der Waals surface area contributed by atoms with Gasteiger partial charge in [0.1, 0.15) is 0 Å². The molecule has 3 aliphatic carbocycles. The van der Waals surface area contributed by atoms with Gasteiger partial charge in [-0.1, -0.05) is 40.2 Å². The van der Waals surface area contributed by atoms with Crippen LogP contribution >= 0.6 is 0 Å². The SMILES string of the molecule is C=C[CH]C(CC)C12CC(CCC1C)C2(C)C. The molecular weight excluding hydrogens is 192 g/mol. The van der Waals surface area contributed by atoms with Crippen LogP contribution in [0.25, 0.3) is 0 Å². The largest absolute Gasteiger partial charge is 0.103 e. The van der Waals surface area contributed by atoms with Gasteiger partial charge in [0.15, 0.2) is 0 Å². The Morgan fingerprint density at radius 1 is 1.38 bits per heavy atom. The van der Waals surface area contributed by atoms with Crippen molar-refractivity contribution in [1.82, 2.24) is 0 Å². The van der Waals surface area contributed by atoms with Crippen LogP contribution in [0.2, 0.25) is 0 Å². The minimum atomic E-state index is 0.546. The van der Waals surface area contributed by atoms with Crippen molar-refractivity contribution in [3.05, 3.63) is 19.1 Å². The second-order valence-electron chi connectivity index (χ2n) is 6.58. The second kappa shape index (κ2) is 3.89. The zero-order valence-corrected chi connectivity index (χ0v) is 11.4. The highest BCUT2D eigenvalue weighted by molar-refractivity contribution is 5.18. The van der Waals surface area contributed by atoms with Gasteiger partial charge in [-0.05, 0) is 54.3 Å². The summed E-state index contributed by atoms with van der Waals surface area (Å²) >= 11 is 0. The summed E-state index contributed by atoms with van der Waals surface area (Å²) in [7, 11) is 0. The number of hydrogen-bond donors (Lipinski definition) is 0. The van der Waals surface area contributed by atoms with E-state index in [4.69, 9.17) is 0 Å². The zero-order chi connectivity index (χ0) is 12.0. The fourth-order valence-corrected chi connectivity index (χ4v) is 5.01. The van der Waals surface area contributed by atoms with Gasteiger partial charge in [0.2, 0.25) is 0 Å². The van der Waals surface area contributed by atoms with E-state index in [1.165, 1.54) is 25.7 Å². The van der Waals surface area contributed by atoms with Crippen molar-refractivity contribution in [3.63, 3.8) is 0 Å². The van der Waals surface area contributed by atoms with Crippen LogP contribution in [0.1, 0.15) is 53.4 Å². The maximum atomic E-state index is 3.91. The van der Waals surface area contributed by atoms with E-state index < -0.39 is 0 Å². The summed E-state index contributed by atoms with van der Waals surface area (Å²) in [6.07, 6.45) is 10.0. The van der Waals surface area contributed by atoms with Crippen LogP contribution in [-0.2, 0) is 0 Å². The first-order chi connectivity index (χ1) is 7.50. The van der Waals surface area contributed by atoms with Crippen LogP contribution in [0.5, 0.6) is 0 Å². The van der Waals surface area contributed by atoms with Gasteiger partial charge < -0.3 is 0 Å². The van der Waals surface area contributed by atoms with Crippen molar-refractivity contribution >= 4 is 0 Å². The predicted molar refractivity (Wildman–Crippen MR) is 71.0 cm³/mol. The topological polar surface area (TPSA) is 0 Å². The van der Waals surface area contributed by atoms with Gasteiger partial charge in [-0.15, -0.1) is 6.58 Å². The lowest BCUT2D eigenvalue weighted by molar-refractivity contribution is -0.220. The molecular formula is C16H27. The Balaban J connectivity index is 2.30. The number of rotatable bonds is 4. The van der Waals surface area contributed by atoms with Crippen molar-refractivity contribution in [2.75, 3.05) is 0 Å². The molecule has 3 fully saturated rings. The summed E-state index contributed by atoms with van der Waals surface area (Å²) in [5.74, 6) is 2.61. The molecule has 0 aliphatic heterocycles. The third-order valence-electron chi connectivity index (χ3n) is 6.10. The molecule has 0 aromatic rings. The Morgan fingerprint density at radius 3 is 2.50 bits per heavy atom. The normalized spacial score (nSPS) is 42.2. The quantitative estimate of drug-likeness (QED) is 0.633. The molecule has 4 unspecified atom stereocenters. The van der Waals surface area contributed by atoms with Gasteiger partial charge in [-0.2, -0.15) is 0 Å². The van der Waals surface area contributed by atoms with Crippen molar-refractivity contribution in [2.45, 2.75) is 53.4 Å². The lowest BCUT2D eigenvalue weighted by atomic mass is 9.33. The highest BCUT2D eigenvalue weighted by Gasteiger charge is 2.66. The van der Waals surface area contributed by atoms with Gasteiger partial charge in [0.25, 0.3) is 0 Å². The van der Waals surface area contributed by atoms with Gasteiger partial charge in [-0.3, -0.25) is 0 Å². The average molecular weight is 219 g/mol. The van der Waals surface area contributed by atoms with Gasteiger partial charge in [-0.25, -0.2) is 0 Å². The zero-order valence-electron chi connectivity index (χ0n) is 11.4. The summed E-state index contributed by atoms with van der Waals surface area (Å²) in [4.78, 5) is 0. The molecule has 0 saturated heterocycles. The van der Waals surface area contributed by atoms with E-state index in [1.807, 2.05) is 6.08 Å². The number of allylic oxidation sites excluding steroid dienone is 1. The van der Waals surface area contributed by atoms with Gasteiger partial charge >= 0.3 is 0 Å². The molecule has 0 spiro atoms. The molecule has 0 heterocycles. The maximum absolute atomic E-state index is 3.91. The van der Waals surface area contributed by atoms with Gasteiger partial charge in [0, 0.05) is 0 Å². The first-order valence-electron chi connectivity index (χ1n) is 6.96. The lowest BCUT2D eigenvalue weighted by Crippen LogP contribution is -2.64. The van der Waals surface area contributed by atoms with E-state index in [1.54, 1.807) is 0 Å². The van der Waals surface area contributed by atoms with E-state index in [-0.39, 0.29) is 0 Å². The lowest BCUT2D eigenvalue weighted by Gasteiger charge is -2.71. The van der Waals surface area contributed by atoms with Crippen molar-refractivity contribution in [2.24, 2.45) is 28.6 Å². The minimum Gasteiger partial charge on any atom is -0.103 e. The van der Waals surface area contributed by atoms with E-state index in [9.17, 15) is 0 Å². The van der Waals surface area contributed by atoms with Crippen molar-refractivity contribution < 1.29 is 0 Å². The van der Waals surface area contributed by atoms with Crippen LogP contribution in [0.4, 0.5) is 0 Å². The van der Waals surface area contributed by atoms with E-state index in [2.05, 4.69) is 40.7 Å². The summed E-state index contributed by atoms with van der Waals surface area (Å²) in [5.41, 5.74) is 1.11. The van der Waals surface area contributed by atoms with E-state index >= 15 is 0 Å². The summed E-state index contributed by atoms with van der Waals surface area (Å²) < 4.78 is 0. The molecule has 2 bridgehead atoms. The highest BCUT2D eigenvalue weighted by atomic mass is 14.7. The first kappa shape index (κ1) is 12.2. The summed E-state index contributed by atoms with van der Waals surface area (Å²) in [6, 6.07) is 0. The summed E-state index contributed by atoms with van der Waals surface area (Å²) in [6.45, 7) is 13.7. The predicted octanol–water partition coefficient (Wildman–Crippen LogP) is 4.87. The highest BCUT2D eigenvalue weighted by Crippen LogP contribution is 2.73. The molecule has 3 saturated carbocycles. The third-order valence-corrected chi connectivity index (χ3v) is 6.10. The average Bonchev–Trinajstić information content (AvgIpc) is 2.26. The molecule has 0 amide bonds. The van der Waals surface area contributed by atoms with Crippen LogP contribution < -0.4 is 0 Å². The Morgan fingerprint density at radius 2 is 2.06 bits per heavy atom. The molecule has 4 atom stereocenters. The van der Waals surface area contributed by atoms with E-state index in [0.717, 1.165) is 17.8 Å². The molecule has 3 rings (SSSR count). The molecule has 1 radical (unpaired) electrons. The molecule has 91 valence electrons. The van der Waals surface area contributed by atoms with E-state index in [0.29, 0.717) is 10.8 Å². The molecule has 0 aromatic heterocycles. The standard InChI is InChI=1S/C16H27/c1-6-8-13(7-2)16-11-14(15(16,4)5)10-9-12(16)3/h6,8,12-14H,1,7,9-11H2,2-5H3. The third kappa shape index (κ3) is 1.28. The monoisotopic (exact) mass is 219 g/mol. The fraction of sp³-hybridized carbons (Fsp3) is 0.812. The Hall–Kier alpha value is -0.260. The number of hydrogen-bond acceptors (Lipinski definition) is 0. The Kier molecular flexibility index (Phi) is 2.97. The smallest absolute Gasteiger partial charge is 0.0137 e. The molecule has 0 aromatic carbocycles. The number of fused-ring (bicyclic) bond motifs is 2. The van der Waals surface area contributed by atoms with Crippen LogP contribution in [0.3, 0.4) is 0 Å². The first-order valence-corrected chi connectivity index (χ1v) is 6.96. The van der Waals surface area contributed by atoms with Crippen molar-refractivity contribution in [1.29, 1.82) is 0 Å². The van der Waals surface area contributed by atoms with Crippen molar-refractivity contribution in [3.8, 4) is 0 Å².